The van der Waals surface area contributed by atoms with Crippen LogP contribution in [0.4, 0.5) is 0 Å². The Kier molecular flexibility index (Phi) is 5.16. The first-order chi connectivity index (χ1) is 8.19. The number of ether oxygens (including phenoxy) is 2. The number of carbonyl (C=O) groups excluding carboxylic acids is 2. The van der Waals surface area contributed by atoms with Crippen LogP contribution in [0.15, 0.2) is 35.2 Å². The van der Waals surface area contributed by atoms with Gasteiger partial charge < -0.3 is 9.47 Å². The molecule has 0 aliphatic heterocycles. The second kappa shape index (κ2) is 6.65. The molecule has 5 heteroatoms. The highest BCUT2D eigenvalue weighted by Crippen LogP contribution is 2.11. The zero-order chi connectivity index (χ0) is 12.7. The number of thiophene rings is 1. The Morgan fingerprint density at radius 3 is 2.35 bits per heavy atom. The molecule has 1 rings (SSSR count). The highest BCUT2D eigenvalue weighted by Gasteiger charge is 2.18. The van der Waals surface area contributed by atoms with E-state index < -0.39 is 11.9 Å². The Morgan fingerprint density at radius 2 is 1.88 bits per heavy atom. The van der Waals surface area contributed by atoms with Gasteiger partial charge >= 0.3 is 11.9 Å². The molecule has 0 unspecified atom stereocenters. The first kappa shape index (κ1) is 13.2. The van der Waals surface area contributed by atoms with Crippen LogP contribution >= 0.6 is 11.3 Å². The summed E-state index contributed by atoms with van der Waals surface area (Å²) in [7, 11) is 2.42. The van der Waals surface area contributed by atoms with Gasteiger partial charge in [0.1, 0.15) is 5.57 Å². The molecule has 0 bridgehead atoms. The predicted molar refractivity (Wildman–Crippen MR) is 65.5 cm³/mol. The number of allylic oxidation sites excluding steroid dienone is 2. The van der Waals surface area contributed by atoms with E-state index in [1.807, 2.05) is 17.5 Å². The number of esters is 2. The topological polar surface area (TPSA) is 52.6 Å². The Hall–Kier alpha value is -1.88. The number of methoxy groups -OCH3 is 2. The fourth-order valence-corrected chi connectivity index (χ4v) is 1.69. The summed E-state index contributed by atoms with van der Waals surface area (Å²) in [6.07, 6.45) is 4.77. The van der Waals surface area contributed by atoms with E-state index in [0.717, 1.165) is 4.88 Å². The van der Waals surface area contributed by atoms with Crippen molar-refractivity contribution in [3.05, 3.63) is 40.1 Å². The molecule has 0 aliphatic carbocycles. The molecule has 17 heavy (non-hydrogen) atoms. The third-order valence-corrected chi connectivity index (χ3v) is 2.71. The van der Waals surface area contributed by atoms with Crippen LogP contribution in [0.3, 0.4) is 0 Å². The summed E-state index contributed by atoms with van der Waals surface area (Å²) < 4.78 is 8.97. The third-order valence-electron chi connectivity index (χ3n) is 1.88. The standard InChI is InChI=1S/C12H12O4S/c1-15-11(13)10(12(14)16-2)7-3-5-9-6-4-8-17-9/h3-8H,1-2H3/b5-3+. The van der Waals surface area contributed by atoms with Crippen molar-refractivity contribution < 1.29 is 19.1 Å². The molecule has 1 aromatic heterocycles. The second-order valence-corrected chi connectivity index (χ2v) is 3.92. The summed E-state index contributed by atoms with van der Waals surface area (Å²) in [5.41, 5.74) is -0.136. The van der Waals surface area contributed by atoms with Gasteiger partial charge in [-0.05, 0) is 23.6 Å². The summed E-state index contributed by atoms with van der Waals surface area (Å²) in [5, 5.41) is 1.94. The minimum Gasteiger partial charge on any atom is -0.465 e. The molecule has 1 aromatic rings. The van der Waals surface area contributed by atoms with Gasteiger partial charge in [-0.1, -0.05) is 12.1 Å². The average Bonchev–Trinajstić information content (AvgIpc) is 2.86. The van der Waals surface area contributed by atoms with Crippen LogP contribution in [0.2, 0.25) is 0 Å². The SMILES string of the molecule is COC(=O)C(=C/C=C/c1cccs1)C(=O)OC. The molecular formula is C12H12O4S. The Morgan fingerprint density at radius 1 is 1.24 bits per heavy atom. The number of hydrogen-bond donors (Lipinski definition) is 0. The Bertz CT molecular complexity index is 425. The zero-order valence-electron chi connectivity index (χ0n) is 9.51. The van der Waals surface area contributed by atoms with Crippen molar-refractivity contribution >= 4 is 29.4 Å². The van der Waals surface area contributed by atoms with Crippen molar-refractivity contribution in [1.82, 2.24) is 0 Å². The summed E-state index contributed by atoms with van der Waals surface area (Å²) in [5.74, 6) is -1.43. The van der Waals surface area contributed by atoms with Crippen molar-refractivity contribution in [2.75, 3.05) is 14.2 Å². The maximum absolute atomic E-state index is 11.3. The van der Waals surface area contributed by atoms with E-state index in [2.05, 4.69) is 9.47 Å². The molecule has 90 valence electrons. The third kappa shape index (κ3) is 3.88. The van der Waals surface area contributed by atoms with Crippen molar-refractivity contribution in [2.24, 2.45) is 0 Å². The lowest BCUT2D eigenvalue weighted by atomic mass is 10.2. The monoisotopic (exact) mass is 252 g/mol. The molecular weight excluding hydrogens is 240 g/mol. The fraction of sp³-hybridized carbons (Fsp3) is 0.167. The maximum atomic E-state index is 11.3. The first-order valence-corrected chi connectivity index (χ1v) is 5.65. The number of carbonyl (C=O) groups is 2. The van der Waals surface area contributed by atoms with Crippen LogP contribution in [-0.2, 0) is 19.1 Å². The van der Waals surface area contributed by atoms with Crippen molar-refractivity contribution in [1.29, 1.82) is 0 Å². The molecule has 0 spiro atoms. The highest BCUT2D eigenvalue weighted by molar-refractivity contribution is 7.10. The van der Waals surface area contributed by atoms with Gasteiger partial charge in [0.15, 0.2) is 0 Å². The van der Waals surface area contributed by atoms with Crippen LogP contribution in [0.1, 0.15) is 4.88 Å². The fourth-order valence-electron chi connectivity index (χ4n) is 1.06. The van der Waals surface area contributed by atoms with E-state index in [4.69, 9.17) is 0 Å². The van der Waals surface area contributed by atoms with Crippen LogP contribution in [0.25, 0.3) is 6.08 Å². The molecule has 1 heterocycles. The largest absolute Gasteiger partial charge is 0.465 e. The second-order valence-electron chi connectivity index (χ2n) is 2.94. The number of rotatable bonds is 4. The van der Waals surface area contributed by atoms with Gasteiger partial charge in [0.2, 0.25) is 0 Å². The van der Waals surface area contributed by atoms with E-state index in [1.54, 1.807) is 23.5 Å². The number of hydrogen-bond acceptors (Lipinski definition) is 5. The smallest absolute Gasteiger partial charge is 0.345 e. The minimum absolute atomic E-state index is 0.136. The Labute approximate surface area is 103 Å². The van der Waals surface area contributed by atoms with E-state index in [9.17, 15) is 9.59 Å². The van der Waals surface area contributed by atoms with Crippen LogP contribution in [0.5, 0.6) is 0 Å². The van der Waals surface area contributed by atoms with Crippen molar-refractivity contribution in [3.8, 4) is 0 Å². The van der Waals surface area contributed by atoms with Gasteiger partial charge in [-0.3, -0.25) is 0 Å². The molecule has 0 fully saturated rings. The molecule has 0 radical (unpaired) electrons. The molecule has 0 aromatic carbocycles. The lowest BCUT2D eigenvalue weighted by molar-refractivity contribution is -0.144. The van der Waals surface area contributed by atoms with Crippen molar-refractivity contribution in [2.45, 2.75) is 0 Å². The van der Waals surface area contributed by atoms with Crippen molar-refractivity contribution in [3.63, 3.8) is 0 Å². The summed E-state index contributed by atoms with van der Waals surface area (Å²) in [6, 6.07) is 3.83. The lowest BCUT2D eigenvalue weighted by Gasteiger charge is -2.01. The lowest BCUT2D eigenvalue weighted by Crippen LogP contribution is -2.15. The van der Waals surface area contributed by atoms with Crippen LogP contribution in [0, 0.1) is 0 Å². The average molecular weight is 252 g/mol. The summed E-state index contributed by atoms with van der Waals surface area (Å²) >= 11 is 1.55. The first-order valence-electron chi connectivity index (χ1n) is 4.77. The van der Waals surface area contributed by atoms with Gasteiger partial charge in [0.05, 0.1) is 14.2 Å². The van der Waals surface area contributed by atoms with E-state index in [0.29, 0.717) is 0 Å². The summed E-state index contributed by atoms with van der Waals surface area (Å²) in [6.45, 7) is 0. The van der Waals surface area contributed by atoms with Gasteiger partial charge in [-0.25, -0.2) is 9.59 Å². The summed E-state index contributed by atoms with van der Waals surface area (Å²) in [4.78, 5) is 23.6. The molecule has 0 atom stereocenters. The molecule has 0 amide bonds. The van der Waals surface area contributed by atoms with Gasteiger partial charge in [-0.15, -0.1) is 11.3 Å². The van der Waals surface area contributed by atoms with Gasteiger partial charge in [-0.2, -0.15) is 0 Å². The van der Waals surface area contributed by atoms with Gasteiger partial charge in [0, 0.05) is 4.88 Å². The van der Waals surface area contributed by atoms with Crippen LogP contribution in [-0.4, -0.2) is 26.2 Å². The van der Waals surface area contributed by atoms with Crippen LogP contribution < -0.4 is 0 Å². The zero-order valence-corrected chi connectivity index (χ0v) is 10.3. The predicted octanol–water partition coefficient (Wildman–Crippen LogP) is 2.03. The molecule has 0 saturated carbocycles. The van der Waals surface area contributed by atoms with E-state index in [1.165, 1.54) is 20.3 Å². The van der Waals surface area contributed by atoms with E-state index >= 15 is 0 Å². The highest BCUT2D eigenvalue weighted by atomic mass is 32.1. The quantitative estimate of drug-likeness (QED) is 0.270. The maximum Gasteiger partial charge on any atom is 0.345 e. The minimum atomic E-state index is -0.715. The molecule has 0 N–H and O–H groups in total. The van der Waals surface area contributed by atoms with E-state index in [-0.39, 0.29) is 5.57 Å². The Balaban J connectivity index is 2.83. The van der Waals surface area contributed by atoms with Gasteiger partial charge in [0.25, 0.3) is 0 Å². The molecule has 0 saturated heterocycles. The normalized spacial score (nSPS) is 10.0. The molecule has 0 aliphatic rings. The molecule has 4 nitrogen and oxygen atoms in total.